The molecule has 0 saturated heterocycles. The van der Waals surface area contributed by atoms with E-state index in [4.69, 9.17) is 4.74 Å². The normalized spacial score (nSPS) is 12.3. The van der Waals surface area contributed by atoms with Crippen molar-refractivity contribution in [3.05, 3.63) is 41.2 Å². The van der Waals surface area contributed by atoms with Crippen LogP contribution >= 0.6 is 11.5 Å². The Morgan fingerprint density at radius 3 is 2.70 bits per heavy atom. The van der Waals surface area contributed by atoms with Crippen molar-refractivity contribution in [2.45, 2.75) is 32.7 Å². The number of hydrogen-bond acceptors (Lipinski definition) is 5. The van der Waals surface area contributed by atoms with Crippen LogP contribution in [0.25, 0.3) is 0 Å². The molecule has 2 aromatic rings. The van der Waals surface area contributed by atoms with Gasteiger partial charge in [-0.15, -0.1) is 0 Å². The molecule has 108 valence electrons. The number of anilines is 1. The summed E-state index contributed by atoms with van der Waals surface area (Å²) >= 11 is 1.40. The summed E-state index contributed by atoms with van der Waals surface area (Å²) in [5.41, 5.74) is 2.62. The predicted octanol–water partition coefficient (Wildman–Crippen LogP) is 3.46. The van der Waals surface area contributed by atoms with E-state index in [2.05, 4.69) is 52.8 Å². The van der Waals surface area contributed by atoms with Crippen LogP contribution in [0.2, 0.25) is 0 Å². The number of hydrogen-bond donors (Lipinski definition) is 1. The van der Waals surface area contributed by atoms with Crippen molar-refractivity contribution in [1.82, 2.24) is 9.36 Å². The van der Waals surface area contributed by atoms with Crippen molar-refractivity contribution >= 4 is 16.7 Å². The van der Waals surface area contributed by atoms with E-state index in [1.807, 2.05) is 0 Å². The molecule has 0 aliphatic heterocycles. The summed E-state index contributed by atoms with van der Waals surface area (Å²) in [5, 5.41) is 4.26. The Morgan fingerprint density at radius 1 is 1.30 bits per heavy atom. The number of aryl methyl sites for hydroxylation is 1. The first kappa shape index (κ1) is 14.9. The van der Waals surface area contributed by atoms with E-state index in [-0.39, 0.29) is 6.04 Å². The van der Waals surface area contributed by atoms with Crippen LogP contribution in [-0.2, 0) is 17.6 Å². The number of ether oxygens (including phenoxy) is 1. The molecule has 0 aliphatic carbocycles. The van der Waals surface area contributed by atoms with Crippen LogP contribution in [0.1, 0.15) is 36.8 Å². The first-order valence-electron chi connectivity index (χ1n) is 6.89. The Kier molecular flexibility index (Phi) is 5.49. The van der Waals surface area contributed by atoms with Crippen molar-refractivity contribution in [1.29, 1.82) is 0 Å². The average Bonchev–Trinajstić information content (AvgIpc) is 2.92. The highest BCUT2D eigenvalue weighted by Crippen LogP contribution is 2.21. The summed E-state index contributed by atoms with van der Waals surface area (Å²) in [4.78, 5) is 4.46. The van der Waals surface area contributed by atoms with Crippen molar-refractivity contribution in [3.63, 3.8) is 0 Å². The Balaban J connectivity index is 1.95. The molecule has 0 fully saturated rings. The maximum atomic E-state index is 5.03. The molecule has 1 unspecified atom stereocenters. The van der Waals surface area contributed by atoms with Gasteiger partial charge in [0.25, 0.3) is 0 Å². The van der Waals surface area contributed by atoms with Crippen LogP contribution < -0.4 is 5.32 Å². The SMILES string of the molecule is CCc1ccc(C(C)Nc2nc(CCOC)ns2)cc1. The lowest BCUT2D eigenvalue weighted by Crippen LogP contribution is -2.06. The van der Waals surface area contributed by atoms with E-state index in [1.54, 1.807) is 7.11 Å². The van der Waals surface area contributed by atoms with Crippen LogP contribution in [0.4, 0.5) is 5.13 Å². The molecular formula is C15H21N3OS. The predicted molar refractivity (Wildman–Crippen MR) is 83.3 cm³/mol. The first-order chi connectivity index (χ1) is 9.72. The van der Waals surface area contributed by atoms with E-state index in [0.717, 1.165) is 23.8 Å². The highest BCUT2D eigenvalue weighted by Gasteiger charge is 2.09. The second kappa shape index (κ2) is 7.36. The fourth-order valence-corrected chi connectivity index (χ4v) is 2.62. The van der Waals surface area contributed by atoms with Crippen molar-refractivity contribution in [3.8, 4) is 0 Å². The van der Waals surface area contributed by atoms with Crippen LogP contribution in [0.15, 0.2) is 24.3 Å². The minimum Gasteiger partial charge on any atom is -0.384 e. The average molecular weight is 291 g/mol. The number of rotatable bonds is 7. The van der Waals surface area contributed by atoms with Gasteiger partial charge >= 0.3 is 0 Å². The molecule has 1 N–H and O–H groups in total. The lowest BCUT2D eigenvalue weighted by Gasteiger charge is -2.13. The van der Waals surface area contributed by atoms with Gasteiger partial charge in [0.15, 0.2) is 0 Å². The van der Waals surface area contributed by atoms with Crippen molar-refractivity contribution < 1.29 is 4.74 Å². The summed E-state index contributed by atoms with van der Waals surface area (Å²) in [6, 6.07) is 8.92. The minimum absolute atomic E-state index is 0.226. The largest absolute Gasteiger partial charge is 0.384 e. The van der Waals surface area contributed by atoms with Crippen LogP contribution in [0.3, 0.4) is 0 Å². The van der Waals surface area contributed by atoms with Gasteiger partial charge in [-0.2, -0.15) is 4.37 Å². The fourth-order valence-electron chi connectivity index (χ4n) is 1.92. The van der Waals surface area contributed by atoms with Gasteiger partial charge < -0.3 is 10.1 Å². The number of nitrogens with one attached hydrogen (secondary N) is 1. The van der Waals surface area contributed by atoms with E-state index >= 15 is 0 Å². The summed E-state index contributed by atoms with van der Waals surface area (Å²) in [6.45, 7) is 4.96. The molecule has 0 aliphatic rings. The Hall–Kier alpha value is -1.46. The maximum Gasteiger partial charge on any atom is 0.203 e. The zero-order chi connectivity index (χ0) is 14.4. The number of aromatic nitrogens is 2. The smallest absolute Gasteiger partial charge is 0.203 e. The summed E-state index contributed by atoms with van der Waals surface area (Å²) < 4.78 is 9.35. The van der Waals surface area contributed by atoms with Gasteiger partial charge in [-0.05, 0) is 24.5 Å². The molecule has 5 heteroatoms. The molecule has 0 radical (unpaired) electrons. The summed E-state index contributed by atoms with van der Waals surface area (Å²) in [5.74, 6) is 0.841. The second-order valence-corrected chi connectivity index (χ2v) is 5.47. The van der Waals surface area contributed by atoms with Gasteiger partial charge in [-0.25, -0.2) is 4.98 Å². The van der Waals surface area contributed by atoms with Gasteiger partial charge in [0.1, 0.15) is 5.82 Å². The maximum absolute atomic E-state index is 5.03. The van der Waals surface area contributed by atoms with Gasteiger partial charge in [0.05, 0.1) is 12.6 Å². The lowest BCUT2D eigenvalue weighted by atomic mass is 10.1. The molecule has 0 saturated carbocycles. The molecule has 2 rings (SSSR count). The molecule has 4 nitrogen and oxygen atoms in total. The van der Waals surface area contributed by atoms with E-state index < -0.39 is 0 Å². The van der Waals surface area contributed by atoms with Crippen LogP contribution in [-0.4, -0.2) is 23.1 Å². The zero-order valence-corrected chi connectivity index (χ0v) is 13.0. The fraction of sp³-hybridized carbons (Fsp3) is 0.467. The van der Waals surface area contributed by atoms with Crippen molar-refractivity contribution in [2.75, 3.05) is 19.0 Å². The highest BCUT2D eigenvalue weighted by molar-refractivity contribution is 7.09. The van der Waals surface area contributed by atoms with Gasteiger partial charge in [0.2, 0.25) is 5.13 Å². The molecule has 1 aromatic heterocycles. The molecule has 1 heterocycles. The number of benzene rings is 1. The standard InChI is InChI=1S/C15H21N3OS/c1-4-12-5-7-13(8-6-12)11(2)16-15-17-14(18-20-15)9-10-19-3/h5-8,11H,4,9-10H2,1-3H3,(H,16,17,18). The van der Waals surface area contributed by atoms with Crippen molar-refractivity contribution in [2.24, 2.45) is 0 Å². The monoisotopic (exact) mass is 291 g/mol. The summed E-state index contributed by atoms with van der Waals surface area (Å²) in [6.07, 6.45) is 1.83. The third-order valence-corrected chi connectivity index (χ3v) is 3.91. The minimum atomic E-state index is 0.226. The van der Waals surface area contributed by atoms with E-state index in [9.17, 15) is 0 Å². The van der Waals surface area contributed by atoms with Crippen LogP contribution in [0, 0.1) is 0 Å². The summed E-state index contributed by atoms with van der Waals surface area (Å²) in [7, 11) is 1.69. The highest BCUT2D eigenvalue weighted by atomic mass is 32.1. The molecule has 20 heavy (non-hydrogen) atoms. The Bertz CT molecular complexity index is 524. The molecule has 0 amide bonds. The molecule has 0 bridgehead atoms. The topological polar surface area (TPSA) is 47.0 Å². The molecule has 1 aromatic carbocycles. The quantitative estimate of drug-likeness (QED) is 0.848. The second-order valence-electron chi connectivity index (χ2n) is 4.72. The number of methoxy groups -OCH3 is 1. The van der Waals surface area contributed by atoms with Crippen LogP contribution in [0.5, 0.6) is 0 Å². The third-order valence-electron chi connectivity index (χ3n) is 3.23. The van der Waals surface area contributed by atoms with Gasteiger partial charge in [-0.1, -0.05) is 31.2 Å². The molecule has 1 atom stereocenters. The first-order valence-corrected chi connectivity index (χ1v) is 7.67. The lowest BCUT2D eigenvalue weighted by molar-refractivity contribution is 0.201. The molecular weight excluding hydrogens is 270 g/mol. The van der Waals surface area contributed by atoms with Gasteiger partial charge in [0, 0.05) is 25.1 Å². The zero-order valence-electron chi connectivity index (χ0n) is 12.2. The number of nitrogens with zero attached hydrogens (tertiary/aromatic N) is 2. The third kappa shape index (κ3) is 4.02. The Labute approximate surface area is 124 Å². The Morgan fingerprint density at radius 2 is 2.05 bits per heavy atom. The van der Waals surface area contributed by atoms with E-state index in [0.29, 0.717) is 6.61 Å². The molecule has 0 spiro atoms. The van der Waals surface area contributed by atoms with Gasteiger partial charge in [-0.3, -0.25) is 0 Å². The van der Waals surface area contributed by atoms with E-state index in [1.165, 1.54) is 22.7 Å².